The minimum atomic E-state index is -4.49. The highest BCUT2D eigenvalue weighted by atomic mass is 19.4. The highest BCUT2D eigenvalue weighted by molar-refractivity contribution is 5.99. The third kappa shape index (κ3) is 12.3. The van der Waals surface area contributed by atoms with Crippen molar-refractivity contribution in [2.24, 2.45) is 5.92 Å². The second kappa shape index (κ2) is 17.3. The molecule has 48 heavy (non-hydrogen) atoms. The molecule has 0 spiro atoms. The van der Waals surface area contributed by atoms with Gasteiger partial charge in [0.25, 0.3) is 5.91 Å². The van der Waals surface area contributed by atoms with Gasteiger partial charge in [0.1, 0.15) is 5.75 Å². The van der Waals surface area contributed by atoms with E-state index < -0.39 is 48.6 Å². The van der Waals surface area contributed by atoms with Crippen LogP contribution in [0.15, 0.2) is 42.5 Å². The first-order chi connectivity index (χ1) is 22.5. The average Bonchev–Trinajstić information content (AvgIpc) is 3.01. The number of carbonyl (C=O) groups excluding carboxylic acids is 2. The Morgan fingerprint density at radius 2 is 1.77 bits per heavy atom. The van der Waals surface area contributed by atoms with Gasteiger partial charge in [-0.05, 0) is 76.1 Å². The molecule has 0 saturated heterocycles. The van der Waals surface area contributed by atoms with Gasteiger partial charge in [0.15, 0.2) is 0 Å². The summed E-state index contributed by atoms with van der Waals surface area (Å²) in [6.45, 7) is 6.42. The van der Waals surface area contributed by atoms with Crippen LogP contribution >= 0.6 is 0 Å². The van der Waals surface area contributed by atoms with Crippen molar-refractivity contribution in [2.45, 2.75) is 90.0 Å². The van der Waals surface area contributed by atoms with Crippen LogP contribution in [0.2, 0.25) is 0 Å². The first kappa shape index (κ1) is 39.1. The highest BCUT2D eigenvalue weighted by Crippen LogP contribution is 2.31. The van der Waals surface area contributed by atoms with Crippen LogP contribution in [-0.4, -0.2) is 84.5 Å². The van der Waals surface area contributed by atoms with E-state index in [0.717, 1.165) is 25.0 Å². The van der Waals surface area contributed by atoms with Gasteiger partial charge in [-0.15, -0.1) is 0 Å². The number of hydrogen-bond acceptors (Lipinski definition) is 6. The number of hydrogen-bond donors (Lipinski definition) is 2. The molecule has 0 aromatic heterocycles. The van der Waals surface area contributed by atoms with E-state index in [1.54, 1.807) is 6.92 Å². The number of nitrogens with one attached hydrogen (secondary N) is 1. The topological polar surface area (TPSA) is 91.3 Å². The number of carbonyl (C=O) groups is 2. The number of rotatable bonds is 9. The second-order valence-electron chi connectivity index (χ2n) is 12.6. The molecular weight excluding hydrogens is 644 g/mol. The number of anilines is 1. The Morgan fingerprint density at radius 1 is 1.08 bits per heavy atom. The summed E-state index contributed by atoms with van der Waals surface area (Å²) >= 11 is 0. The van der Waals surface area contributed by atoms with Gasteiger partial charge in [0.05, 0.1) is 42.4 Å². The fourth-order valence-corrected chi connectivity index (χ4v) is 5.42. The zero-order valence-electron chi connectivity index (χ0n) is 27.7. The average molecular weight is 690 g/mol. The van der Waals surface area contributed by atoms with Crippen molar-refractivity contribution < 1.29 is 50.5 Å². The zero-order valence-corrected chi connectivity index (χ0v) is 27.7. The smallest absolute Gasteiger partial charge is 0.416 e. The van der Waals surface area contributed by atoms with E-state index in [9.17, 15) is 41.0 Å². The Balaban J connectivity index is 1.86. The van der Waals surface area contributed by atoms with E-state index in [1.807, 2.05) is 25.8 Å². The number of likely N-dealkylation sites (N-methyl/N-ethyl adjacent to an activating group) is 1. The van der Waals surface area contributed by atoms with Crippen molar-refractivity contribution in [2.75, 3.05) is 38.7 Å². The monoisotopic (exact) mass is 689 g/mol. The van der Waals surface area contributed by atoms with Crippen molar-refractivity contribution in [3.63, 3.8) is 0 Å². The highest BCUT2D eigenvalue weighted by Gasteiger charge is 2.32. The number of halogens is 6. The maximum Gasteiger partial charge on any atom is 0.416 e. The molecule has 1 aliphatic heterocycles. The second-order valence-corrected chi connectivity index (χ2v) is 12.6. The number of ether oxygens (including phenoxy) is 2. The van der Waals surface area contributed by atoms with E-state index in [-0.39, 0.29) is 48.3 Å². The number of amides is 2. The lowest BCUT2D eigenvalue weighted by atomic mass is 10.0. The Morgan fingerprint density at radius 3 is 2.40 bits per heavy atom. The minimum Gasteiger partial charge on any atom is -0.490 e. The van der Waals surface area contributed by atoms with Crippen LogP contribution in [0.25, 0.3) is 0 Å². The van der Waals surface area contributed by atoms with Crippen LogP contribution in [0.3, 0.4) is 0 Å². The molecule has 0 aliphatic carbocycles. The number of nitrogens with zero attached hydrogens (tertiary/aromatic N) is 2. The predicted molar refractivity (Wildman–Crippen MR) is 169 cm³/mol. The van der Waals surface area contributed by atoms with Crippen LogP contribution in [0.1, 0.15) is 74.4 Å². The standard InChI is InChI=1S/C34H45F6N3O5/c1-22-18-43(23(2)21-44)32(46)28-17-27(41-31(45)14-15-33(35,36)37)12-13-29(28)48-24(3)7-5-6-16-47-30(22)20-42(4)19-25-8-10-26(11-9-25)34(38,39)40/h8-13,17,22-24,30,44H,5-7,14-16,18-21H2,1-4H3,(H,41,45)/t22-,23+,24+,30-/m1/s1. The van der Waals surface area contributed by atoms with E-state index in [1.165, 1.54) is 35.2 Å². The van der Waals surface area contributed by atoms with Gasteiger partial charge < -0.3 is 24.8 Å². The molecule has 1 aliphatic rings. The van der Waals surface area contributed by atoms with Gasteiger partial charge >= 0.3 is 12.4 Å². The maximum atomic E-state index is 14.2. The molecule has 0 bridgehead atoms. The molecule has 0 saturated carbocycles. The summed E-state index contributed by atoms with van der Waals surface area (Å²) in [5.74, 6) is -1.39. The SMILES string of the molecule is C[C@@H]1CN([C@@H](C)CO)C(=O)c2cc(NC(=O)CCC(F)(F)F)ccc2O[C@@H](C)CCCCO[C@@H]1CN(C)Cc1ccc(C(F)(F)F)cc1. The van der Waals surface area contributed by atoms with Gasteiger partial charge in [-0.2, -0.15) is 26.3 Å². The van der Waals surface area contributed by atoms with Gasteiger partial charge in [-0.1, -0.05) is 19.1 Å². The Hall–Kier alpha value is -3.36. The molecule has 8 nitrogen and oxygen atoms in total. The molecule has 14 heteroatoms. The summed E-state index contributed by atoms with van der Waals surface area (Å²) in [5.41, 5.74) is 0.174. The quantitative estimate of drug-likeness (QED) is 0.278. The third-order valence-corrected chi connectivity index (χ3v) is 8.20. The van der Waals surface area contributed by atoms with Gasteiger partial charge in [0.2, 0.25) is 5.91 Å². The number of aliphatic hydroxyl groups is 1. The Bertz CT molecular complexity index is 1340. The van der Waals surface area contributed by atoms with Crippen molar-refractivity contribution in [1.29, 1.82) is 0 Å². The molecule has 1 heterocycles. The number of fused-ring (bicyclic) bond motifs is 1. The summed E-state index contributed by atoms with van der Waals surface area (Å²) in [5, 5.41) is 12.5. The van der Waals surface area contributed by atoms with Gasteiger partial charge in [0, 0.05) is 44.3 Å². The molecule has 2 amide bonds. The van der Waals surface area contributed by atoms with Crippen LogP contribution in [-0.2, 0) is 22.3 Å². The Labute approximate surface area is 277 Å². The Kier molecular flexibility index (Phi) is 14.1. The normalized spacial score (nSPS) is 20.9. The lowest BCUT2D eigenvalue weighted by molar-refractivity contribution is -0.142. The molecule has 4 atom stereocenters. The van der Waals surface area contributed by atoms with Crippen LogP contribution in [0, 0.1) is 5.92 Å². The first-order valence-corrected chi connectivity index (χ1v) is 16.0. The lowest BCUT2D eigenvalue weighted by Gasteiger charge is -2.36. The molecule has 0 fully saturated rings. The largest absolute Gasteiger partial charge is 0.490 e. The fourth-order valence-electron chi connectivity index (χ4n) is 5.42. The van der Waals surface area contributed by atoms with E-state index in [0.29, 0.717) is 31.7 Å². The molecular formula is C34H45F6N3O5. The van der Waals surface area contributed by atoms with Crippen LogP contribution in [0.5, 0.6) is 5.75 Å². The summed E-state index contributed by atoms with van der Waals surface area (Å²) < 4.78 is 89.5. The molecule has 3 rings (SSSR count). The van der Waals surface area contributed by atoms with Crippen molar-refractivity contribution in [1.82, 2.24) is 9.80 Å². The molecule has 268 valence electrons. The predicted octanol–water partition coefficient (Wildman–Crippen LogP) is 6.91. The summed E-state index contributed by atoms with van der Waals surface area (Å²) in [6.07, 6.45) is -9.55. The van der Waals surface area contributed by atoms with Crippen molar-refractivity contribution in [3.05, 3.63) is 59.2 Å². The van der Waals surface area contributed by atoms with E-state index in [2.05, 4.69) is 5.32 Å². The number of alkyl halides is 6. The summed E-state index contributed by atoms with van der Waals surface area (Å²) in [7, 11) is 1.83. The van der Waals surface area contributed by atoms with E-state index in [4.69, 9.17) is 9.47 Å². The van der Waals surface area contributed by atoms with Crippen molar-refractivity contribution >= 4 is 17.5 Å². The number of aliphatic hydroxyl groups excluding tert-OH is 1. The molecule has 2 aromatic carbocycles. The molecule has 2 N–H and O–H groups in total. The summed E-state index contributed by atoms with van der Waals surface area (Å²) in [6, 6.07) is 8.66. The lowest BCUT2D eigenvalue weighted by Crippen LogP contribution is -2.47. The third-order valence-electron chi connectivity index (χ3n) is 8.20. The fraction of sp³-hybridized carbons (Fsp3) is 0.588. The first-order valence-electron chi connectivity index (χ1n) is 16.0. The zero-order chi connectivity index (χ0) is 35.6. The molecule has 0 unspecified atom stereocenters. The molecule has 2 aromatic rings. The number of benzene rings is 2. The van der Waals surface area contributed by atoms with Crippen LogP contribution < -0.4 is 10.1 Å². The van der Waals surface area contributed by atoms with Crippen LogP contribution in [0.4, 0.5) is 32.0 Å². The molecule has 0 radical (unpaired) electrons. The van der Waals surface area contributed by atoms with Gasteiger partial charge in [-0.25, -0.2) is 0 Å². The van der Waals surface area contributed by atoms with Crippen molar-refractivity contribution in [3.8, 4) is 5.75 Å². The van der Waals surface area contributed by atoms with E-state index >= 15 is 0 Å². The van der Waals surface area contributed by atoms with Gasteiger partial charge in [-0.3, -0.25) is 14.5 Å². The summed E-state index contributed by atoms with van der Waals surface area (Å²) in [4.78, 5) is 29.8. The maximum absolute atomic E-state index is 14.2. The minimum absolute atomic E-state index is 0.0805.